The number of nitrogens with one attached hydrogen (secondary N) is 1. The van der Waals surface area contributed by atoms with Gasteiger partial charge in [-0.2, -0.15) is 0 Å². The van der Waals surface area contributed by atoms with Crippen LogP contribution in [0.4, 0.5) is 11.4 Å². The van der Waals surface area contributed by atoms with Crippen molar-refractivity contribution in [1.82, 2.24) is 0 Å². The number of benzene rings is 3. The first-order valence-electron chi connectivity index (χ1n) is 10.0. The van der Waals surface area contributed by atoms with Crippen molar-refractivity contribution in [3.05, 3.63) is 76.8 Å². The number of halogens is 1. The van der Waals surface area contributed by atoms with Crippen LogP contribution in [0.15, 0.2) is 65.6 Å². The van der Waals surface area contributed by atoms with Gasteiger partial charge in [0.15, 0.2) is 0 Å². The number of sulfonamides is 1. The number of carbonyl (C=O) groups is 1. The van der Waals surface area contributed by atoms with E-state index in [1.54, 1.807) is 55.5 Å². The molecule has 0 atom stereocenters. The first-order chi connectivity index (χ1) is 15.6. The molecule has 0 aromatic heterocycles. The van der Waals surface area contributed by atoms with Crippen molar-refractivity contribution < 1.29 is 22.7 Å². The Morgan fingerprint density at radius 3 is 2.42 bits per heavy atom. The molecule has 0 spiro atoms. The average molecular weight is 489 g/mol. The Kier molecular flexibility index (Phi) is 7.50. The molecule has 0 aliphatic carbocycles. The van der Waals surface area contributed by atoms with Gasteiger partial charge in [-0.25, -0.2) is 8.42 Å². The SMILES string of the molecule is COc1cccc(NC(=O)CN(c2ccc(C)c(Cl)c2)S(=O)(=O)c2cc(C)ccc2OC)c1. The summed E-state index contributed by atoms with van der Waals surface area (Å²) in [5.74, 6) is 0.208. The number of carbonyl (C=O) groups excluding carboxylic acids is 1. The van der Waals surface area contributed by atoms with Gasteiger partial charge in [0.2, 0.25) is 5.91 Å². The lowest BCUT2D eigenvalue weighted by molar-refractivity contribution is -0.114. The average Bonchev–Trinajstić information content (AvgIpc) is 2.79. The zero-order valence-corrected chi connectivity index (χ0v) is 20.3. The molecule has 174 valence electrons. The van der Waals surface area contributed by atoms with Crippen LogP contribution in [-0.2, 0) is 14.8 Å². The molecule has 0 saturated heterocycles. The van der Waals surface area contributed by atoms with E-state index in [2.05, 4.69) is 5.32 Å². The number of rotatable bonds is 8. The Hall–Kier alpha value is -3.23. The molecule has 0 aliphatic heterocycles. The molecule has 1 amide bonds. The molecular formula is C24H25ClN2O5S. The van der Waals surface area contributed by atoms with E-state index in [9.17, 15) is 13.2 Å². The highest BCUT2D eigenvalue weighted by Gasteiger charge is 2.30. The van der Waals surface area contributed by atoms with Crippen molar-refractivity contribution in [2.75, 3.05) is 30.4 Å². The fraction of sp³-hybridized carbons (Fsp3) is 0.208. The third-order valence-corrected chi connectivity index (χ3v) is 7.17. The molecule has 3 rings (SSSR count). The van der Waals surface area contributed by atoms with Crippen molar-refractivity contribution in [3.8, 4) is 11.5 Å². The lowest BCUT2D eigenvalue weighted by Crippen LogP contribution is -2.38. The van der Waals surface area contributed by atoms with Crippen LogP contribution in [0, 0.1) is 13.8 Å². The third-order valence-electron chi connectivity index (χ3n) is 4.97. The molecule has 0 saturated carbocycles. The minimum absolute atomic E-state index is 0.0455. The second kappa shape index (κ2) is 10.1. The maximum Gasteiger partial charge on any atom is 0.268 e. The summed E-state index contributed by atoms with van der Waals surface area (Å²) >= 11 is 6.28. The molecule has 9 heteroatoms. The maximum atomic E-state index is 13.8. The van der Waals surface area contributed by atoms with Crippen LogP contribution in [0.2, 0.25) is 5.02 Å². The number of amides is 1. The summed E-state index contributed by atoms with van der Waals surface area (Å²) in [6.45, 7) is 3.11. The van der Waals surface area contributed by atoms with E-state index >= 15 is 0 Å². The van der Waals surface area contributed by atoms with Crippen LogP contribution in [0.5, 0.6) is 11.5 Å². The van der Waals surface area contributed by atoms with Gasteiger partial charge in [-0.05, 0) is 61.4 Å². The molecular weight excluding hydrogens is 464 g/mol. The van der Waals surface area contributed by atoms with Gasteiger partial charge in [-0.1, -0.05) is 29.8 Å². The molecule has 1 N–H and O–H groups in total. The Bertz CT molecular complexity index is 1280. The predicted molar refractivity (Wildman–Crippen MR) is 130 cm³/mol. The van der Waals surface area contributed by atoms with Gasteiger partial charge >= 0.3 is 0 Å². The molecule has 3 aromatic rings. The molecule has 0 fully saturated rings. The second-order valence-corrected chi connectivity index (χ2v) is 9.62. The maximum absolute atomic E-state index is 13.8. The minimum Gasteiger partial charge on any atom is -0.497 e. The number of hydrogen-bond acceptors (Lipinski definition) is 5. The van der Waals surface area contributed by atoms with E-state index in [0.29, 0.717) is 16.5 Å². The smallest absolute Gasteiger partial charge is 0.268 e. The Morgan fingerprint density at radius 2 is 1.76 bits per heavy atom. The van der Waals surface area contributed by atoms with Crippen LogP contribution < -0.4 is 19.1 Å². The molecule has 7 nitrogen and oxygen atoms in total. The molecule has 0 bridgehead atoms. The first kappa shape index (κ1) is 24.4. The van der Waals surface area contributed by atoms with Gasteiger partial charge in [0.25, 0.3) is 10.0 Å². The van der Waals surface area contributed by atoms with Crippen molar-refractivity contribution in [2.24, 2.45) is 0 Å². The largest absolute Gasteiger partial charge is 0.497 e. The number of aryl methyl sites for hydroxylation is 2. The highest BCUT2D eigenvalue weighted by Crippen LogP contribution is 2.32. The summed E-state index contributed by atoms with van der Waals surface area (Å²) in [6, 6.07) is 16.5. The zero-order valence-electron chi connectivity index (χ0n) is 18.8. The lowest BCUT2D eigenvalue weighted by atomic mass is 10.2. The highest BCUT2D eigenvalue weighted by molar-refractivity contribution is 7.93. The van der Waals surface area contributed by atoms with Gasteiger partial charge in [0, 0.05) is 16.8 Å². The van der Waals surface area contributed by atoms with E-state index in [-0.39, 0.29) is 16.3 Å². The van der Waals surface area contributed by atoms with Crippen LogP contribution >= 0.6 is 11.6 Å². The van der Waals surface area contributed by atoms with Gasteiger partial charge < -0.3 is 14.8 Å². The summed E-state index contributed by atoms with van der Waals surface area (Å²) in [5.41, 5.74) is 2.26. The number of hydrogen-bond donors (Lipinski definition) is 1. The fourth-order valence-corrected chi connectivity index (χ4v) is 5.02. The summed E-state index contributed by atoms with van der Waals surface area (Å²) < 4.78 is 39.0. The molecule has 3 aromatic carbocycles. The fourth-order valence-electron chi connectivity index (χ4n) is 3.19. The Labute approximate surface area is 198 Å². The summed E-state index contributed by atoms with van der Waals surface area (Å²) in [6.07, 6.45) is 0. The van der Waals surface area contributed by atoms with Crippen molar-refractivity contribution in [2.45, 2.75) is 18.7 Å². The minimum atomic E-state index is -4.18. The van der Waals surface area contributed by atoms with Crippen LogP contribution in [0.3, 0.4) is 0 Å². The Morgan fingerprint density at radius 1 is 1.00 bits per heavy atom. The quantitative estimate of drug-likeness (QED) is 0.492. The topological polar surface area (TPSA) is 84.9 Å². The van der Waals surface area contributed by atoms with Gasteiger partial charge in [0.05, 0.1) is 19.9 Å². The molecule has 0 aliphatic rings. The summed E-state index contributed by atoms with van der Waals surface area (Å²) in [4.78, 5) is 12.9. The van der Waals surface area contributed by atoms with Gasteiger partial charge in [-0.15, -0.1) is 0 Å². The van der Waals surface area contributed by atoms with E-state index in [1.807, 2.05) is 6.92 Å². The molecule has 0 heterocycles. The third kappa shape index (κ3) is 5.58. The number of nitrogens with zero attached hydrogens (tertiary/aromatic N) is 1. The number of methoxy groups -OCH3 is 2. The first-order valence-corrected chi connectivity index (χ1v) is 11.8. The van der Waals surface area contributed by atoms with Crippen LogP contribution in [-0.4, -0.2) is 35.1 Å². The number of ether oxygens (including phenoxy) is 2. The van der Waals surface area contributed by atoms with E-state index in [1.165, 1.54) is 26.4 Å². The Balaban J connectivity index is 2.03. The van der Waals surface area contributed by atoms with Crippen molar-refractivity contribution >= 4 is 38.9 Å². The van der Waals surface area contributed by atoms with Crippen LogP contribution in [0.1, 0.15) is 11.1 Å². The van der Waals surface area contributed by atoms with E-state index < -0.39 is 22.5 Å². The predicted octanol–water partition coefficient (Wildman–Crippen LogP) is 4.81. The monoisotopic (exact) mass is 488 g/mol. The summed E-state index contributed by atoms with van der Waals surface area (Å²) in [5, 5.41) is 3.10. The number of anilines is 2. The zero-order chi connectivity index (χ0) is 24.2. The van der Waals surface area contributed by atoms with Crippen molar-refractivity contribution in [3.63, 3.8) is 0 Å². The highest BCUT2D eigenvalue weighted by atomic mass is 35.5. The summed E-state index contributed by atoms with van der Waals surface area (Å²) in [7, 11) is -1.27. The normalized spacial score (nSPS) is 11.1. The lowest BCUT2D eigenvalue weighted by Gasteiger charge is -2.25. The van der Waals surface area contributed by atoms with Gasteiger partial charge in [-0.3, -0.25) is 9.10 Å². The van der Waals surface area contributed by atoms with Gasteiger partial charge in [0.1, 0.15) is 22.9 Å². The van der Waals surface area contributed by atoms with Crippen molar-refractivity contribution in [1.29, 1.82) is 0 Å². The van der Waals surface area contributed by atoms with Crippen LogP contribution in [0.25, 0.3) is 0 Å². The molecule has 0 radical (unpaired) electrons. The van der Waals surface area contributed by atoms with E-state index in [4.69, 9.17) is 21.1 Å². The van der Waals surface area contributed by atoms with E-state index in [0.717, 1.165) is 15.4 Å². The molecule has 0 unspecified atom stereocenters. The second-order valence-electron chi connectivity index (χ2n) is 7.38. The molecule has 33 heavy (non-hydrogen) atoms. The standard InChI is InChI=1S/C24H25ClN2O5S/c1-16-8-11-22(32-4)23(12-16)33(29,30)27(19-10-9-17(2)21(25)14-19)15-24(28)26-18-6-5-7-20(13-18)31-3/h5-14H,15H2,1-4H3,(H,26,28).